The summed E-state index contributed by atoms with van der Waals surface area (Å²) in [5, 5.41) is 9.55. The Morgan fingerprint density at radius 1 is 0.742 bits per heavy atom. The minimum Gasteiger partial charge on any atom is -0.296 e. The number of hydrogen-bond donors (Lipinski definition) is 0. The first kappa shape index (κ1) is 21.0. The van der Waals surface area contributed by atoms with Crippen LogP contribution in [0, 0.1) is 11.3 Å². The Balaban J connectivity index is 1.42. The van der Waals surface area contributed by atoms with Gasteiger partial charge in [0.2, 0.25) is 0 Å². The summed E-state index contributed by atoms with van der Waals surface area (Å²) in [7, 11) is 0. The number of piperazine rings is 1. The third kappa shape index (κ3) is 5.08. The topological polar surface area (TPSA) is 47.3 Å². The molecule has 0 amide bonds. The van der Waals surface area contributed by atoms with Crippen LogP contribution in [-0.2, 0) is 4.79 Å². The van der Waals surface area contributed by atoms with Crippen LogP contribution < -0.4 is 0 Å². The van der Waals surface area contributed by atoms with Gasteiger partial charge in [0.15, 0.2) is 5.78 Å². The van der Waals surface area contributed by atoms with Crippen LogP contribution in [0.25, 0.3) is 0 Å². The van der Waals surface area contributed by atoms with Gasteiger partial charge in [-0.15, -0.1) is 0 Å². The molecule has 0 radical (unpaired) electrons. The number of benzene rings is 3. The Kier molecular flexibility index (Phi) is 6.89. The number of carbonyl (C=O) groups is 1. The van der Waals surface area contributed by atoms with Crippen LogP contribution in [0.2, 0.25) is 0 Å². The summed E-state index contributed by atoms with van der Waals surface area (Å²) >= 11 is 0. The molecule has 0 aliphatic carbocycles. The van der Waals surface area contributed by atoms with Gasteiger partial charge in [0, 0.05) is 26.2 Å². The van der Waals surface area contributed by atoms with Crippen LogP contribution in [0.4, 0.5) is 0 Å². The molecule has 0 saturated carbocycles. The summed E-state index contributed by atoms with van der Waals surface area (Å²) in [6, 6.07) is 33.0. The highest BCUT2D eigenvalue weighted by Crippen LogP contribution is 2.29. The molecule has 1 heterocycles. The summed E-state index contributed by atoms with van der Waals surface area (Å²) < 4.78 is 0. The molecule has 0 N–H and O–H groups in total. The van der Waals surface area contributed by atoms with Crippen molar-refractivity contribution in [2.24, 2.45) is 0 Å². The Labute approximate surface area is 184 Å². The molecular formula is C27H27N3O. The van der Waals surface area contributed by atoms with Gasteiger partial charge < -0.3 is 0 Å². The third-order valence-electron chi connectivity index (χ3n) is 5.97. The highest BCUT2D eigenvalue weighted by Gasteiger charge is 2.28. The smallest absolute Gasteiger partial charge is 0.168 e. The SMILES string of the molecule is N#CC(C(=O)CN1CCN(C(c2ccccc2)c2ccccc2)CC1)c1ccccc1. The highest BCUT2D eigenvalue weighted by atomic mass is 16.1. The van der Waals surface area contributed by atoms with Crippen molar-refractivity contribution in [3.8, 4) is 6.07 Å². The molecule has 1 aliphatic rings. The van der Waals surface area contributed by atoms with Gasteiger partial charge in [0.1, 0.15) is 5.92 Å². The van der Waals surface area contributed by atoms with E-state index in [1.54, 1.807) is 0 Å². The monoisotopic (exact) mass is 409 g/mol. The summed E-state index contributed by atoms with van der Waals surface area (Å²) in [5.74, 6) is -0.717. The molecule has 0 aromatic heterocycles. The van der Waals surface area contributed by atoms with Crippen LogP contribution in [0.5, 0.6) is 0 Å². The fourth-order valence-electron chi connectivity index (χ4n) is 4.35. The van der Waals surface area contributed by atoms with Crippen molar-refractivity contribution in [2.75, 3.05) is 32.7 Å². The predicted molar refractivity (Wildman–Crippen MR) is 123 cm³/mol. The lowest BCUT2D eigenvalue weighted by Crippen LogP contribution is -2.49. The number of rotatable bonds is 7. The van der Waals surface area contributed by atoms with Gasteiger partial charge in [-0.25, -0.2) is 0 Å². The number of ketones is 1. The molecule has 31 heavy (non-hydrogen) atoms. The van der Waals surface area contributed by atoms with E-state index < -0.39 is 5.92 Å². The summed E-state index contributed by atoms with van der Waals surface area (Å²) in [6.07, 6.45) is 0. The highest BCUT2D eigenvalue weighted by molar-refractivity contribution is 5.90. The average Bonchev–Trinajstić information content (AvgIpc) is 2.83. The van der Waals surface area contributed by atoms with Crippen LogP contribution in [-0.4, -0.2) is 48.3 Å². The van der Waals surface area contributed by atoms with E-state index in [2.05, 4.69) is 64.4 Å². The Morgan fingerprint density at radius 2 is 1.19 bits per heavy atom. The predicted octanol–water partition coefficient (Wildman–Crippen LogP) is 4.27. The molecular weight excluding hydrogens is 382 g/mol. The normalized spacial score (nSPS) is 16.0. The second kappa shape index (κ2) is 10.2. The van der Waals surface area contributed by atoms with Gasteiger partial charge in [-0.05, 0) is 16.7 Å². The maximum Gasteiger partial charge on any atom is 0.168 e. The molecule has 1 atom stereocenters. The van der Waals surface area contributed by atoms with E-state index in [-0.39, 0.29) is 11.8 Å². The van der Waals surface area contributed by atoms with E-state index in [1.165, 1.54) is 11.1 Å². The summed E-state index contributed by atoms with van der Waals surface area (Å²) in [6.45, 7) is 3.71. The van der Waals surface area contributed by atoms with Gasteiger partial charge >= 0.3 is 0 Å². The van der Waals surface area contributed by atoms with Crippen molar-refractivity contribution >= 4 is 5.78 Å². The van der Waals surface area contributed by atoms with Crippen LogP contribution in [0.3, 0.4) is 0 Å². The van der Waals surface area contributed by atoms with Crippen molar-refractivity contribution in [3.63, 3.8) is 0 Å². The molecule has 3 aromatic rings. The molecule has 1 aliphatic heterocycles. The molecule has 4 rings (SSSR count). The number of nitrogens with zero attached hydrogens (tertiary/aromatic N) is 3. The average molecular weight is 410 g/mol. The second-order valence-corrected chi connectivity index (χ2v) is 7.98. The van der Waals surface area contributed by atoms with Crippen molar-refractivity contribution in [1.82, 2.24) is 9.80 Å². The molecule has 4 nitrogen and oxygen atoms in total. The maximum absolute atomic E-state index is 12.8. The number of Topliss-reactive ketones (excluding diaryl/α,β-unsaturated/α-hetero) is 1. The lowest BCUT2D eigenvalue weighted by atomic mass is 9.95. The molecule has 3 aromatic carbocycles. The number of carbonyl (C=O) groups excluding carboxylic acids is 1. The molecule has 0 spiro atoms. The first-order valence-corrected chi connectivity index (χ1v) is 10.8. The van der Waals surface area contributed by atoms with Gasteiger partial charge in [-0.2, -0.15) is 5.26 Å². The Hall–Kier alpha value is -3.26. The zero-order valence-electron chi connectivity index (χ0n) is 17.6. The van der Waals surface area contributed by atoms with Crippen molar-refractivity contribution in [1.29, 1.82) is 5.26 Å². The first-order chi connectivity index (χ1) is 15.3. The minimum absolute atomic E-state index is 0.0233. The van der Waals surface area contributed by atoms with Gasteiger partial charge in [-0.1, -0.05) is 91.0 Å². The number of nitriles is 1. The lowest BCUT2D eigenvalue weighted by molar-refractivity contribution is -0.121. The second-order valence-electron chi connectivity index (χ2n) is 7.98. The molecule has 1 fully saturated rings. The molecule has 1 unspecified atom stereocenters. The van der Waals surface area contributed by atoms with Crippen LogP contribution in [0.1, 0.15) is 28.7 Å². The lowest BCUT2D eigenvalue weighted by Gasteiger charge is -2.39. The first-order valence-electron chi connectivity index (χ1n) is 10.8. The van der Waals surface area contributed by atoms with Crippen molar-refractivity contribution in [2.45, 2.75) is 12.0 Å². The van der Waals surface area contributed by atoms with Crippen LogP contribution in [0.15, 0.2) is 91.0 Å². The number of hydrogen-bond acceptors (Lipinski definition) is 4. The van der Waals surface area contributed by atoms with Crippen molar-refractivity contribution < 1.29 is 4.79 Å². The van der Waals surface area contributed by atoms with E-state index in [4.69, 9.17) is 0 Å². The largest absolute Gasteiger partial charge is 0.296 e. The maximum atomic E-state index is 12.8. The van der Waals surface area contributed by atoms with Gasteiger partial charge in [-0.3, -0.25) is 14.6 Å². The minimum atomic E-state index is -0.694. The van der Waals surface area contributed by atoms with Gasteiger partial charge in [0.25, 0.3) is 0 Å². The van der Waals surface area contributed by atoms with E-state index in [0.29, 0.717) is 6.54 Å². The van der Waals surface area contributed by atoms with E-state index in [0.717, 1.165) is 31.7 Å². The summed E-state index contributed by atoms with van der Waals surface area (Å²) in [4.78, 5) is 17.5. The Morgan fingerprint density at radius 3 is 1.65 bits per heavy atom. The summed E-state index contributed by atoms with van der Waals surface area (Å²) in [5.41, 5.74) is 3.35. The fraction of sp³-hybridized carbons (Fsp3) is 0.259. The molecule has 4 heteroatoms. The van der Waals surface area contributed by atoms with Crippen LogP contribution >= 0.6 is 0 Å². The zero-order chi connectivity index (χ0) is 21.5. The molecule has 1 saturated heterocycles. The molecule has 0 bridgehead atoms. The fourth-order valence-corrected chi connectivity index (χ4v) is 4.35. The van der Waals surface area contributed by atoms with E-state index in [9.17, 15) is 10.1 Å². The zero-order valence-corrected chi connectivity index (χ0v) is 17.6. The third-order valence-corrected chi connectivity index (χ3v) is 5.97. The van der Waals surface area contributed by atoms with E-state index >= 15 is 0 Å². The standard InChI is InChI=1S/C27H27N3O/c28-20-25(22-10-4-1-5-11-22)26(31)21-29-16-18-30(19-17-29)27(23-12-6-2-7-13-23)24-14-8-3-9-15-24/h1-15,25,27H,16-19,21H2. The quantitative estimate of drug-likeness (QED) is 0.585. The van der Waals surface area contributed by atoms with Gasteiger partial charge in [0.05, 0.1) is 18.7 Å². The van der Waals surface area contributed by atoms with E-state index in [1.807, 2.05) is 42.5 Å². The molecule has 156 valence electrons. The Bertz CT molecular complexity index is 967. The van der Waals surface area contributed by atoms with Crippen molar-refractivity contribution in [3.05, 3.63) is 108 Å².